The second-order valence-corrected chi connectivity index (χ2v) is 7.91. The van der Waals surface area contributed by atoms with Gasteiger partial charge in [0.15, 0.2) is 6.61 Å². The minimum absolute atomic E-state index is 0.0232. The van der Waals surface area contributed by atoms with Crippen LogP contribution in [0.3, 0.4) is 0 Å². The summed E-state index contributed by atoms with van der Waals surface area (Å²) in [5.74, 6) is 0.568. The number of amides is 1. The molecule has 0 spiro atoms. The van der Waals surface area contributed by atoms with Crippen LogP contribution in [0.25, 0.3) is 5.69 Å². The number of benzene rings is 2. The van der Waals surface area contributed by atoms with Crippen molar-refractivity contribution in [1.29, 1.82) is 0 Å². The fourth-order valence-electron chi connectivity index (χ4n) is 4.20. The van der Waals surface area contributed by atoms with E-state index in [0.29, 0.717) is 43.3 Å². The van der Waals surface area contributed by atoms with E-state index in [1.807, 2.05) is 65.6 Å². The number of rotatable bonds is 6. The molecular formula is C25H28N4O4. The number of aromatic nitrogens is 2. The Kier molecular flexibility index (Phi) is 6.63. The van der Waals surface area contributed by atoms with Gasteiger partial charge in [-0.25, -0.2) is 4.79 Å². The topological polar surface area (TPSA) is 76.8 Å². The Hall–Kier alpha value is -3.81. The summed E-state index contributed by atoms with van der Waals surface area (Å²) in [7, 11) is 0. The van der Waals surface area contributed by atoms with Gasteiger partial charge in [-0.2, -0.15) is 0 Å². The highest BCUT2D eigenvalue weighted by molar-refractivity contribution is 5.78. The van der Waals surface area contributed by atoms with Gasteiger partial charge in [-0.05, 0) is 38.1 Å². The molecule has 0 N–H and O–H groups in total. The first-order chi connectivity index (χ1) is 16.0. The SMILES string of the molecule is CCn1c(=O)c(N2CCN(C(=O)COc3ccccc3)CC2)c(C)n(-c2ccccc2)c1=O. The van der Waals surface area contributed by atoms with Crippen LogP contribution in [-0.2, 0) is 11.3 Å². The van der Waals surface area contributed by atoms with E-state index in [2.05, 4.69) is 0 Å². The highest BCUT2D eigenvalue weighted by Crippen LogP contribution is 2.19. The van der Waals surface area contributed by atoms with E-state index in [1.54, 1.807) is 23.3 Å². The van der Waals surface area contributed by atoms with Gasteiger partial charge in [-0.3, -0.25) is 18.7 Å². The standard InChI is InChI=1S/C25H28N4O4/c1-3-28-24(31)23(19(2)29(25(28)32)20-10-6-4-7-11-20)27-16-14-26(15-17-27)22(30)18-33-21-12-8-5-9-13-21/h4-13H,3,14-18H2,1-2H3. The van der Waals surface area contributed by atoms with Crippen molar-refractivity contribution >= 4 is 11.6 Å². The van der Waals surface area contributed by atoms with Gasteiger partial charge in [0.2, 0.25) is 0 Å². The first-order valence-corrected chi connectivity index (χ1v) is 11.1. The highest BCUT2D eigenvalue weighted by Gasteiger charge is 2.27. The van der Waals surface area contributed by atoms with Crippen LogP contribution < -0.4 is 20.9 Å². The smallest absolute Gasteiger partial charge is 0.335 e. The fraction of sp³-hybridized carbons (Fsp3) is 0.320. The summed E-state index contributed by atoms with van der Waals surface area (Å²) in [5, 5.41) is 0. The molecule has 1 aromatic heterocycles. The van der Waals surface area contributed by atoms with Crippen molar-refractivity contribution < 1.29 is 9.53 Å². The average molecular weight is 449 g/mol. The van der Waals surface area contributed by atoms with Crippen LogP contribution in [0.5, 0.6) is 5.75 Å². The Morgan fingerprint density at radius 3 is 2.12 bits per heavy atom. The molecule has 0 bridgehead atoms. The highest BCUT2D eigenvalue weighted by atomic mass is 16.5. The second-order valence-electron chi connectivity index (χ2n) is 7.91. The van der Waals surface area contributed by atoms with Crippen molar-refractivity contribution in [3.8, 4) is 11.4 Å². The average Bonchev–Trinajstić information content (AvgIpc) is 2.84. The van der Waals surface area contributed by atoms with Gasteiger partial charge in [0.05, 0.1) is 11.4 Å². The van der Waals surface area contributed by atoms with E-state index in [9.17, 15) is 14.4 Å². The lowest BCUT2D eigenvalue weighted by molar-refractivity contribution is -0.133. The lowest BCUT2D eigenvalue weighted by Gasteiger charge is -2.36. The van der Waals surface area contributed by atoms with Gasteiger partial charge in [-0.15, -0.1) is 0 Å². The second kappa shape index (κ2) is 9.77. The van der Waals surface area contributed by atoms with E-state index in [0.717, 1.165) is 5.69 Å². The van der Waals surface area contributed by atoms with Gasteiger partial charge >= 0.3 is 5.69 Å². The fourth-order valence-corrected chi connectivity index (χ4v) is 4.20. The number of hydrogen-bond acceptors (Lipinski definition) is 5. The van der Waals surface area contributed by atoms with Gasteiger partial charge in [0.25, 0.3) is 11.5 Å². The summed E-state index contributed by atoms with van der Waals surface area (Å²) in [5.41, 5.74) is 1.19. The molecule has 8 heteroatoms. The summed E-state index contributed by atoms with van der Waals surface area (Å²) in [6.07, 6.45) is 0. The molecule has 0 atom stereocenters. The van der Waals surface area contributed by atoms with Crippen LogP contribution in [0.15, 0.2) is 70.3 Å². The Morgan fingerprint density at radius 1 is 0.909 bits per heavy atom. The number of piperazine rings is 1. The van der Waals surface area contributed by atoms with Crippen LogP contribution in [-0.4, -0.2) is 52.7 Å². The van der Waals surface area contributed by atoms with Gasteiger partial charge in [0.1, 0.15) is 11.4 Å². The van der Waals surface area contributed by atoms with E-state index < -0.39 is 0 Å². The van der Waals surface area contributed by atoms with Crippen LogP contribution in [0, 0.1) is 6.92 Å². The molecule has 8 nitrogen and oxygen atoms in total. The van der Waals surface area contributed by atoms with Gasteiger partial charge in [-0.1, -0.05) is 36.4 Å². The number of para-hydroxylation sites is 2. The van der Waals surface area contributed by atoms with Crippen molar-refractivity contribution in [3.05, 3.63) is 87.2 Å². The van der Waals surface area contributed by atoms with Crippen molar-refractivity contribution in [2.75, 3.05) is 37.7 Å². The van der Waals surface area contributed by atoms with E-state index in [1.165, 1.54) is 4.57 Å². The largest absolute Gasteiger partial charge is 0.484 e. The van der Waals surface area contributed by atoms with E-state index in [4.69, 9.17) is 4.74 Å². The summed E-state index contributed by atoms with van der Waals surface area (Å²) in [6.45, 7) is 5.82. The van der Waals surface area contributed by atoms with Crippen molar-refractivity contribution in [2.45, 2.75) is 20.4 Å². The number of nitrogens with zero attached hydrogens (tertiary/aromatic N) is 4. The van der Waals surface area contributed by atoms with Crippen LogP contribution in [0.1, 0.15) is 12.6 Å². The number of carbonyl (C=O) groups is 1. The molecule has 0 saturated carbocycles. The first kappa shape index (κ1) is 22.4. The number of ether oxygens (including phenoxy) is 1. The number of anilines is 1. The minimum atomic E-state index is -0.346. The quantitative estimate of drug-likeness (QED) is 0.577. The maximum absolute atomic E-state index is 13.2. The predicted octanol–water partition coefficient (Wildman–Crippen LogP) is 2.06. The third-order valence-corrected chi connectivity index (χ3v) is 5.93. The molecule has 1 saturated heterocycles. The Balaban J connectivity index is 1.54. The first-order valence-electron chi connectivity index (χ1n) is 11.1. The maximum Gasteiger partial charge on any atom is 0.335 e. The summed E-state index contributed by atoms with van der Waals surface area (Å²) < 4.78 is 8.44. The normalized spacial score (nSPS) is 13.8. The molecule has 0 aliphatic carbocycles. The number of hydrogen-bond donors (Lipinski definition) is 0. The Labute approximate surface area is 192 Å². The zero-order valence-electron chi connectivity index (χ0n) is 18.9. The van der Waals surface area contributed by atoms with Crippen LogP contribution >= 0.6 is 0 Å². The minimum Gasteiger partial charge on any atom is -0.484 e. The molecular weight excluding hydrogens is 420 g/mol. The number of carbonyl (C=O) groups excluding carboxylic acids is 1. The van der Waals surface area contributed by atoms with Crippen molar-refractivity contribution in [3.63, 3.8) is 0 Å². The predicted molar refractivity (Wildman–Crippen MR) is 127 cm³/mol. The lowest BCUT2D eigenvalue weighted by atomic mass is 10.2. The third kappa shape index (κ3) is 4.55. The Morgan fingerprint density at radius 2 is 1.52 bits per heavy atom. The Bertz CT molecular complexity index is 1230. The maximum atomic E-state index is 13.2. The molecule has 33 heavy (non-hydrogen) atoms. The lowest BCUT2D eigenvalue weighted by Crippen LogP contribution is -2.53. The van der Waals surface area contributed by atoms with Crippen molar-refractivity contribution in [2.24, 2.45) is 0 Å². The van der Waals surface area contributed by atoms with Gasteiger partial charge < -0.3 is 14.5 Å². The van der Waals surface area contributed by atoms with Crippen molar-refractivity contribution in [1.82, 2.24) is 14.0 Å². The van der Waals surface area contributed by atoms with Gasteiger partial charge in [0, 0.05) is 32.7 Å². The molecule has 1 fully saturated rings. The summed E-state index contributed by atoms with van der Waals surface area (Å²) in [6, 6.07) is 18.6. The molecule has 2 heterocycles. The van der Waals surface area contributed by atoms with E-state index in [-0.39, 0.29) is 30.3 Å². The molecule has 2 aromatic carbocycles. The summed E-state index contributed by atoms with van der Waals surface area (Å²) >= 11 is 0. The molecule has 3 aromatic rings. The monoisotopic (exact) mass is 448 g/mol. The third-order valence-electron chi connectivity index (χ3n) is 5.93. The molecule has 1 aliphatic rings. The zero-order valence-corrected chi connectivity index (χ0v) is 18.9. The molecule has 172 valence electrons. The molecule has 1 amide bonds. The zero-order chi connectivity index (χ0) is 23.4. The molecule has 0 unspecified atom stereocenters. The van der Waals surface area contributed by atoms with Crippen LogP contribution in [0.4, 0.5) is 5.69 Å². The molecule has 4 rings (SSSR count). The summed E-state index contributed by atoms with van der Waals surface area (Å²) in [4.78, 5) is 42.6. The molecule has 0 radical (unpaired) electrons. The molecule has 1 aliphatic heterocycles. The van der Waals surface area contributed by atoms with Crippen LogP contribution in [0.2, 0.25) is 0 Å². The van der Waals surface area contributed by atoms with E-state index >= 15 is 0 Å².